The van der Waals surface area contributed by atoms with E-state index in [0.717, 1.165) is 28.2 Å². The molecule has 136 valence electrons. The zero-order chi connectivity index (χ0) is 18.2. The van der Waals surface area contributed by atoms with Crippen LogP contribution in [-0.2, 0) is 11.2 Å². The molecule has 1 aliphatic heterocycles. The first kappa shape index (κ1) is 17.4. The SMILES string of the molecule is O=C(CSc1ncnc2sccc12)N1CCc2sccc2[C@@H]1c1cccs1. The molecular weight excluding hydrogens is 414 g/mol. The van der Waals surface area contributed by atoms with Crippen LogP contribution >= 0.6 is 45.8 Å². The Balaban J connectivity index is 1.40. The molecule has 0 aliphatic carbocycles. The zero-order valence-corrected chi connectivity index (χ0v) is 17.5. The lowest BCUT2D eigenvalue weighted by Gasteiger charge is -2.35. The van der Waals surface area contributed by atoms with Crippen LogP contribution in [0.25, 0.3) is 10.2 Å². The molecule has 8 heteroatoms. The van der Waals surface area contributed by atoms with Crippen LogP contribution in [0.3, 0.4) is 0 Å². The van der Waals surface area contributed by atoms with Gasteiger partial charge in [-0.15, -0.1) is 34.0 Å². The van der Waals surface area contributed by atoms with Gasteiger partial charge in [-0.2, -0.15) is 0 Å². The third-order valence-corrected chi connectivity index (χ3v) is 8.39. The van der Waals surface area contributed by atoms with Crippen molar-refractivity contribution in [3.05, 3.63) is 62.1 Å². The number of thiophene rings is 3. The van der Waals surface area contributed by atoms with Crippen LogP contribution < -0.4 is 0 Å². The average Bonchev–Trinajstić information content (AvgIpc) is 3.46. The summed E-state index contributed by atoms with van der Waals surface area (Å²) in [4.78, 5) is 27.5. The number of thioether (sulfide) groups is 1. The molecule has 0 spiro atoms. The maximum Gasteiger partial charge on any atom is 0.233 e. The highest BCUT2D eigenvalue weighted by Crippen LogP contribution is 2.40. The van der Waals surface area contributed by atoms with Crippen molar-refractivity contribution < 1.29 is 4.79 Å². The normalized spacial score (nSPS) is 16.6. The van der Waals surface area contributed by atoms with Crippen LogP contribution in [0.5, 0.6) is 0 Å². The molecule has 0 saturated carbocycles. The molecule has 5 rings (SSSR count). The van der Waals surface area contributed by atoms with Gasteiger partial charge in [-0.05, 0) is 46.3 Å². The topological polar surface area (TPSA) is 46.1 Å². The summed E-state index contributed by atoms with van der Waals surface area (Å²) in [5.41, 5.74) is 1.29. The Kier molecular flexibility index (Phi) is 4.73. The maximum absolute atomic E-state index is 13.2. The fraction of sp³-hybridized carbons (Fsp3) is 0.211. The summed E-state index contributed by atoms with van der Waals surface area (Å²) in [7, 11) is 0. The molecule has 4 nitrogen and oxygen atoms in total. The smallest absolute Gasteiger partial charge is 0.233 e. The second-order valence-corrected chi connectivity index (χ2v) is 10.00. The van der Waals surface area contributed by atoms with Crippen molar-refractivity contribution in [1.29, 1.82) is 0 Å². The fourth-order valence-electron chi connectivity index (χ4n) is 3.43. The van der Waals surface area contributed by atoms with Crippen molar-refractivity contribution in [1.82, 2.24) is 14.9 Å². The number of hydrogen-bond donors (Lipinski definition) is 0. The molecule has 5 heterocycles. The van der Waals surface area contributed by atoms with E-state index in [4.69, 9.17) is 0 Å². The van der Waals surface area contributed by atoms with Crippen LogP contribution in [0.4, 0.5) is 0 Å². The second kappa shape index (κ2) is 7.35. The summed E-state index contributed by atoms with van der Waals surface area (Å²) in [5, 5.41) is 8.16. The molecule has 0 fully saturated rings. The molecule has 1 amide bonds. The fourth-order valence-corrected chi connectivity index (χ4v) is 6.86. The number of fused-ring (bicyclic) bond motifs is 2. The largest absolute Gasteiger partial charge is 0.330 e. The van der Waals surface area contributed by atoms with Gasteiger partial charge in [0.05, 0.1) is 11.8 Å². The number of hydrogen-bond acceptors (Lipinski definition) is 7. The van der Waals surface area contributed by atoms with E-state index in [1.807, 2.05) is 16.3 Å². The van der Waals surface area contributed by atoms with Gasteiger partial charge in [0.2, 0.25) is 5.91 Å². The summed E-state index contributed by atoms with van der Waals surface area (Å²) < 4.78 is 0. The quantitative estimate of drug-likeness (QED) is 0.335. The van der Waals surface area contributed by atoms with Gasteiger partial charge in [0.1, 0.15) is 16.2 Å². The third kappa shape index (κ3) is 3.20. The van der Waals surface area contributed by atoms with Gasteiger partial charge < -0.3 is 4.90 Å². The summed E-state index contributed by atoms with van der Waals surface area (Å²) in [6.45, 7) is 0.771. The number of amides is 1. The molecule has 0 bridgehead atoms. The average molecular weight is 430 g/mol. The Bertz CT molecular complexity index is 1090. The Labute approximate surface area is 172 Å². The minimum atomic E-state index is 0.0414. The van der Waals surface area contributed by atoms with E-state index in [0.29, 0.717) is 5.75 Å². The highest BCUT2D eigenvalue weighted by atomic mass is 32.2. The van der Waals surface area contributed by atoms with Gasteiger partial charge in [-0.1, -0.05) is 17.8 Å². The molecule has 1 atom stereocenters. The van der Waals surface area contributed by atoms with Gasteiger partial charge in [0.25, 0.3) is 0 Å². The van der Waals surface area contributed by atoms with Crippen molar-refractivity contribution in [2.24, 2.45) is 0 Å². The monoisotopic (exact) mass is 429 g/mol. The highest BCUT2D eigenvalue weighted by molar-refractivity contribution is 8.00. The van der Waals surface area contributed by atoms with E-state index in [-0.39, 0.29) is 11.9 Å². The first-order chi connectivity index (χ1) is 13.3. The van der Waals surface area contributed by atoms with Crippen molar-refractivity contribution in [2.45, 2.75) is 17.5 Å². The Morgan fingerprint density at radius 2 is 2.07 bits per heavy atom. The molecule has 0 saturated heterocycles. The van der Waals surface area contributed by atoms with Crippen molar-refractivity contribution in [3.63, 3.8) is 0 Å². The van der Waals surface area contributed by atoms with E-state index >= 15 is 0 Å². The zero-order valence-electron chi connectivity index (χ0n) is 14.2. The molecule has 0 N–H and O–H groups in total. The number of rotatable bonds is 4. The predicted molar refractivity (Wildman–Crippen MR) is 114 cm³/mol. The lowest BCUT2D eigenvalue weighted by Crippen LogP contribution is -2.40. The van der Waals surface area contributed by atoms with Crippen LogP contribution in [0.15, 0.2) is 51.8 Å². The number of carbonyl (C=O) groups excluding carboxylic acids is 1. The molecule has 0 unspecified atom stereocenters. The van der Waals surface area contributed by atoms with E-state index in [9.17, 15) is 4.79 Å². The van der Waals surface area contributed by atoms with Crippen LogP contribution in [0.2, 0.25) is 0 Å². The third-order valence-electron chi connectivity index (χ3n) is 4.66. The minimum absolute atomic E-state index is 0.0414. The van der Waals surface area contributed by atoms with E-state index in [1.54, 1.807) is 40.3 Å². The van der Waals surface area contributed by atoms with Gasteiger partial charge in [0, 0.05) is 21.7 Å². The van der Waals surface area contributed by atoms with Crippen molar-refractivity contribution in [2.75, 3.05) is 12.3 Å². The highest BCUT2D eigenvalue weighted by Gasteiger charge is 2.33. The van der Waals surface area contributed by atoms with Gasteiger partial charge in [-0.25, -0.2) is 9.97 Å². The molecule has 0 aromatic carbocycles. The first-order valence-corrected chi connectivity index (χ1v) is 12.1. The Morgan fingerprint density at radius 1 is 1.15 bits per heavy atom. The Hall–Kier alpha value is -1.74. The molecule has 1 aliphatic rings. The number of aromatic nitrogens is 2. The Morgan fingerprint density at radius 3 is 2.96 bits per heavy atom. The predicted octanol–water partition coefficient (Wildman–Crippen LogP) is 5.08. The molecule has 27 heavy (non-hydrogen) atoms. The molecule has 4 aromatic heterocycles. The first-order valence-electron chi connectivity index (χ1n) is 8.51. The lowest BCUT2D eigenvalue weighted by molar-refractivity contribution is -0.130. The second-order valence-electron chi connectivity index (χ2n) is 6.16. The van der Waals surface area contributed by atoms with Gasteiger partial charge in [0.15, 0.2) is 0 Å². The van der Waals surface area contributed by atoms with Gasteiger partial charge >= 0.3 is 0 Å². The van der Waals surface area contributed by atoms with E-state index < -0.39 is 0 Å². The lowest BCUT2D eigenvalue weighted by atomic mass is 9.98. The van der Waals surface area contributed by atoms with E-state index in [1.165, 1.54) is 27.1 Å². The maximum atomic E-state index is 13.2. The van der Waals surface area contributed by atoms with Crippen LogP contribution in [0.1, 0.15) is 21.4 Å². The molecular formula is C19H15N3OS4. The molecule has 0 radical (unpaired) electrons. The van der Waals surface area contributed by atoms with Crippen LogP contribution in [0, 0.1) is 0 Å². The van der Waals surface area contributed by atoms with Gasteiger partial charge in [-0.3, -0.25) is 4.79 Å². The summed E-state index contributed by atoms with van der Waals surface area (Å²) in [6.07, 6.45) is 2.52. The number of nitrogens with zero attached hydrogens (tertiary/aromatic N) is 3. The van der Waals surface area contributed by atoms with Crippen molar-refractivity contribution in [3.8, 4) is 0 Å². The van der Waals surface area contributed by atoms with Crippen LogP contribution in [-0.4, -0.2) is 33.1 Å². The summed E-state index contributed by atoms with van der Waals surface area (Å²) in [6, 6.07) is 8.44. The number of carbonyl (C=O) groups is 1. The van der Waals surface area contributed by atoms with Crippen molar-refractivity contribution >= 4 is 61.9 Å². The summed E-state index contributed by atoms with van der Waals surface area (Å²) >= 11 is 6.63. The summed E-state index contributed by atoms with van der Waals surface area (Å²) in [5.74, 6) is 0.556. The van der Waals surface area contributed by atoms with E-state index in [2.05, 4.69) is 38.9 Å². The standard InChI is InChI=1S/C19H15N3OS4/c23-16(10-27-19-13-5-9-26-18(13)20-11-21-19)22-6-3-14-12(4-8-25-14)17(22)15-2-1-7-24-15/h1-2,4-5,7-9,11,17H,3,6,10H2/t17-/m1/s1. The molecule has 4 aromatic rings. The minimum Gasteiger partial charge on any atom is -0.330 e.